The van der Waals surface area contributed by atoms with Gasteiger partial charge in [0, 0.05) is 6.54 Å². The molecule has 18 heavy (non-hydrogen) atoms. The molecular weight excluding hydrogens is 248 g/mol. The second-order valence-corrected chi connectivity index (χ2v) is 6.48. The number of nitriles is 1. The Hall–Kier alpha value is -1.38. The first-order valence-corrected chi connectivity index (χ1v) is 7.71. The number of benzene rings is 1. The van der Waals surface area contributed by atoms with E-state index in [2.05, 4.69) is 4.72 Å². The maximum Gasteiger partial charge on any atom is 0.215 e. The standard InChI is InChI=1S/C13H16N2O2S/c14-8-12-6-1-2-7-13(12)10-18(16,17)15-9-11-4-3-5-11/h1-2,6-7,11,15H,3-5,9-10H2. The van der Waals surface area contributed by atoms with Crippen LogP contribution in [-0.2, 0) is 15.8 Å². The first-order valence-electron chi connectivity index (χ1n) is 6.06. The lowest BCUT2D eigenvalue weighted by Crippen LogP contribution is -2.33. The average molecular weight is 264 g/mol. The smallest absolute Gasteiger partial charge is 0.215 e. The lowest BCUT2D eigenvalue weighted by atomic mass is 9.86. The van der Waals surface area contributed by atoms with Crippen LogP contribution in [0.2, 0.25) is 0 Å². The van der Waals surface area contributed by atoms with E-state index in [1.54, 1.807) is 24.3 Å². The highest BCUT2D eigenvalue weighted by Gasteiger charge is 2.20. The minimum Gasteiger partial charge on any atom is -0.215 e. The van der Waals surface area contributed by atoms with Crippen molar-refractivity contribution in [2.24, 2.45) is 5.92 Å². The van der Waals surface area contributed by atoms with Crippen LogP contribution in [0.15, 0.2) is 24.3 Å². The number of rotatable bonds is 5. The van der Waals surface area contributed by atoms with Gasteiger partial charge in [-0.2, -0.15) is 5.26 Å². The predicted octanol–water partition coefficient (Wildman–Crippen LogP) is 1.78. The number of hydrogen-bond donors (Lipinski definition) is 1. The van der Waals surface area contributed by atoms with Gasteiger partial charge in [-0.3, -0.25) is 0 Å². The molecule has 1 aromatic carbocycles. The van der Waals surface area contributed by atoms with Gasteiger partial charge in [-0.15, -0.1) is 0 Å². The zero-order valence-electron chi connectivity index (χ0n) is 10.1. The van der Waals surface area contributed by atoms with E-state index in [-0.39, 0.29) is 5.75 Å². The fraction of sp³-hybridized carbons (Fsp3) is 0.462. The molecule has 96 valence electrons. The van der Waals surface area contributed by atoms with Crippen LogP contribution in [0.3, 0.4) is 0 Å². The summed E-state index contributed by atoms with van der Waals surface area (Å²) in [5, 5.41) is 8.92. The summed E-state index contributed by atoms with van der Waals surface area (Å²) < 4.78 is 26.4. The van der Waals surface area contributed by atoms with E-state index < -0.39 is 10.0 Å². The van der Waals surface area contributed by atoms with Crippen LogP contribution < -0.4 is 4.72 Å². The van der Waals surface area contributed by atoms with E-state index in [1.807, 2.05) is 6.07 Å². The quantitative estimate of drug-likeness (QED) is 0.881. The topological polar surface area (TPSA) is 70.0 Å². The average Bonchev–Trinajstić information content (AvgIpc) is 2.27. The third-order valence-corrected chi connectivity index (χ3v) is 4.60. The van der Waals surface area contributed by atoms with Gasteiger partial charge in [-0.25, -0.2) is 13.1 Å². The SMILES string of the molecule is N#Cc1ccccc1CS(=O)(=O)NCC1CCC1. The molecule has 0 heterocycles. The summed E-state index contributed by atoms with van der Waals surface area (Å²) in [6, 6.07) is 8.81. The lowest BCUT2D eigenvalue weighted by Gasteiger charge is -2.25. The molecule has 4 nitrogen and oxygen atoms in total. The summed E-state index contributed by atoms with van der Waals surface area (Å²) in [4.78, 5) is 0. The Balaban J connectivity index is 2.00. The lowest BCUT2D eigenvalue weighted by molar-refractivity contribution is 0.316. The van der Waals surface area contributed by atoms with E-state index in [0.717, 1.165) is 12.8 Å². The van der Waals surface area contributed by atoms with Crippen molar-refractivity contribution in [1.82, 2.24) is 4.72 Å². The van der Waals surface area contributed by atoms with Crippen molar-refractivity contribution in [1.29, 1.82) is 5.26 Å². The zero-order valence-corrected chi connectivity index (χ0v) is 10.9. The molecule has 0 amide bonds. The molecule has 2 rings (SSSR count). The van der Waals surface area contributed by atoms with Crippen molar-refractivity contribution in [3.05, 3.63) is 35.4 Å². The summed E-state index contributed by atoms with van der Waals surface area (Å²) in [6.07, 6.45) is 3.41. The first kappa shape index (κ1) is 13.1. The normalized spacial score (nSPS) is 15.9. The van der Waals surface area contributed by atoms with E-state index in [9.17, 15) is 8.42 Å². The molecule has 0 radical (unpaired) electrons. The van der Waals surface area contributed by atoms with Gasteiger partial charge in [0.2, 0.25) is 10.0 Å². The Kier molecular flexibility index (Phi) is 4.00. The summed E-state index contributed by atoms with van der Waals surface area (Å²) in [5.74, 6) is 0.370. The molecular formula is C13H16N2O2S. The van der Waals surface area contributed by atoms with Crippen LogP contribution in [0.25, 0.3) is 0 Å². The van der Waals surface area contributed by atoms with Crippen LogP contribution in [0, 0.1) is 17.2 Å². The molecule has 0 spiro atoms. The van der Waals surface area contributed by atoms with Crippen LogP contribution in [-0.4, -0.2) is 15.0 Å². The molecule has 0 bridgehead atoms. The highest BCUT2D eigenvalue weighted by molar-refractivity contribution is 7.88. The summed E-state index contributed by atoms with van der Waals surface area (Å²) >= 11 is 0. The number of nitrogens with zero attached hydrogens (tertiary/aromatic N) is 1. The summed E-state index contributed by atoms with van der Waals surface area (Å²) in [6.45, 7) is 0.525. The molecule has 1 fully saturated rings. The second kappa shape index (κ2) is 5.51. The fourth-order valence-corrected chi connectivity index (χ4v) is 3.21. The Morgan fingerprint density at radius 1 is 1.33 bits per heavy atom. The van der Waals surface area contributed by atoms with E-state index in [1.165, 1.54) is 6.42 Å². The van der Waals surface area contributed by atoms with Crippen molar-refractivity contribution in [3.63, 3.8) is 0 Å². The van der Waals surface area contributed by atoms with Gasteiger partial charge in [0.25, 0.3) is 0 Å². The molecule has 1 saturated carbocycles. The third kappa shape index (κ3) is 3.31. The second-order valence-electron chi connectivity index (χ2n) is 4.67. The van der Waals surface area contributed by atoms with Gasteiger partial charge in [-0.1, -0.05) is 24.6 Å². The summed E-state index contributed by atoms with van der Waals surface area (Å²) in [7, 11) is -3.34. The van der Waals surface area contributed by atoms with Gasteiger partial charge in [-0.05, 0) is 30.4 Å². The van der Waals surface area contributed by atoms with Crippen LogP contribution in [0.5, 0.6) is 0 Å². The van der Waals surface area contributed by atoms with Gasteiger partial charge < -0.3 is 0 Å². The van der Waals surface area contributed by atoms with E-state index >= 15 is 0 Å². The Bertz CT molecular complexity index is 557. The van der Waals surface area contributed by atoms with Crippen molar-refractivity contribution in [3.8, 4) is 6.07 Å². The largest absolute Gasteiger partial charge is 0.215 e. The van der Waals surface area contributed by atoms with Gasteiger partial charge in [0.1, 0.15) is 0 Å². The van der Waals surface area contributed by atoms with Gasteiger partial charge >= 0.3 is 0 Å². The molecule has 0 unspecified atom stereocenters. The van der Waals surface area contributed by atoms with Crippen molar-refractivity contribution >= 4 is 10.0 Å². The minimum absolute atomic E-state index is 0.122. The van der Waals surface area contributed by atoms with Crippen LogP contribution in [0.1, 0.15) is 30.4 Å². The molecule has 1 aliphatic rings. The monoisotopic (exact) mass is 264 g/mol. The maximum atomic E-state index is 11.9. The fourth-order valence-electron chi connectivity index (χ4n) is 1.95. The van der Waals surface area contributed by atoms with Crippen molar-refractivity contribution in [2.45, 2.75) is 25.0 Å². The Morgan fingerprint density at radius 2 is 2.06 bits per heavy atom. The van der Waals surface area contributed by atoms with Gasteiger partial charge in [0.05, 0.1) is 17.4 Å². The Labute approximate surface area is 108 Å². The molecule has 0 saturated heterocycles. The maximum absolute atomic E-state index is 11.9. The molecule has 5 heteroatoms. The highest BCUT2D eigenvalue weighted by Crippen LogP contribution is 2.25. The van der Waals surface area contributed by atoms with E-state index in [4.69, 9.17) is 5.26 Å². The predicted molar refractivity (Wildman–Crippen MR) is 69.1 cm³/mol. The third-order valence-electron chi connectivity index (χ3n) is 3.30. The molecule has 0 aromatic heterocycles. The number of nitrogens with one attached hydrogen (secondary N) is 1. The molecule has 1 aliphatic carbocycles. The molecule has 0 aliphatic heterocycles. The zero-order chi connectivity index (χ0) is 13.0. The van der Waals surface area contributed by atoms with Crippen LogP contribution >= 0.6 is 0 Å². The molecule has 1 N–H and O–H groups in total. The highest BCUT2D eigenvalue weighted by atomic mass is 32.2. The van der Waals surface area contributed by atoms with Crippen molar-refractivity contribution in [2.75, 3.05) is 6.54 Å². The van der Waals surface area contributed by atoms with Crippen LogP contribution in [0.4, 0.5) is 0 Å². The van der Waals surface area contributed by atoms with Crippen molar-refractivity contribution < 1.29 is 8.42 Å². The Morgan fingerprint density at radius 3 is 2.67 bits per heavy atom. The molecule has 1 aromatic rings. The number of hydrogen-bond acceptors (Lipinski definition) is 3. The first-order chi connectivity index (χ1) is 8.61. The minimum atomic E-state index is -3.34. The number of sulfonamides is 1. The molecule has 0 atom stereocenters. The summed E-state index contributed by atoms with van der Waals surface area (Å²) in [5.41, 5.74) is 0.979. The van der Waals surface area contributed by atoms with Gasteiger partial charge in [0.15, 0.2) is 0 Å². The van der Waals surface area contributed by atoms with E-state index in [0.29, 0.717) is 23.6 Å².